The Bertz CT molecular complexity index is 626. The highest BCUT2D eigenvalue weighted by Gasteiger charge is 2.41. The predicted molar refractivity (Wildman–Crippen MR) is 77.5 cm³/mol. The second-order valence-electron chi connectivity index (χ2n) is 5.33. The summed E-state index contributed by atoms with van der Waals surface area (Å²) >= 11 is 8.38. The molecule has 0 saturated heterocycles. The van der Waals surface area contributed by atoms with Crippen LogP contribution in [0.3, 0.4) is 0 Å². The van der Waals surface area contributed by atoms with Crippen molar-refractivity contribution in [2.45, 2.75) is 31.7 Å². The molecule has 0 N–H and O–H groups in total. The van der Waals surface area contributed by atoms with Crippen molar-refractivity contribution in [2.24, 2.45) is 11.8 Å². The molecule has 0 unspecified atom stereocenters. The summed E-state index contributed by atoms with van der Waals surface area (Å²) in [5, 5.41) is 0.458. The first-order valence-electron chi connectivity index (χ1n) is 6.28. The summed E-state index contributed by atoms with van der Waals surface area (Å²) in [6.07, 6.45) is 6.93. The molecule has 0 radical (unpaired) electrons. The highest BCUT2D eigenvalue weighted by atomic mass is 127. The van der Waals surface area contributed by atoms with Crippen molar-refractivity contribution in [1.29, 1.82) is 0 Å². The van der Waals surface area contributed by atoms with Crippen LogP contribution in [-0.2, 0) is 0 Å². The van der Waals surface area contributed by atoms with Gasteiger partial charge < -0.3 is 4.57 Å². The van der Waals surface area contributed by atoms with Crippen LogP contribution in [0, 0.1) is 15.7 Å². The maximum absolute atomic E-state index is 6.10. The molecule has 18 heavy (non-hydrogen) atoms. The number of nitrogens with zero attached hydrogens (tertiary/aromatic N) is 4. The van der Waals surface area contributed by atoms with Gasteiger partial charge in [-0.1, -0.05) is 18.0 Å². The van der Waals surface area contributed by atoms with Crippen molar-refractivity contribution in [3.8, 4) is 0 Å². The van der Waals surface area contributed by atoms with E-state index in [1.54, 1.807) is 0 Å². The molecule has 3 atom stereocenters. The second kappa shape index (κ2) is 4.03. The lowest BCUT2D eigenvalue weighted by Crippen LogP contribution is -2.17. The van der Waals surface area contributed by atoms with Crippen molar-refractivity contribution < 1.29 is 0 Å². The number of hydrogen-bond donors (Lipinski definition) is 0. The van der Waals surface area contributed by atoms with Gasteiger partial charge in [-0.15, -0.1) is 0 Å². The second-order valence-corrected chi connectivity index (χ2v) is 6.65. The van der Waals surface area contributed by atoms with Crippen molar-refractivity contribution in [1.82, 2.24) is 19.5 Å². The van der Waals surface area contributed by atoms with Crippen LogP contribution in [0.4, 0.5) is 0 Å². The van der Waals surface area contributed by atoms with Gasteiger partial charge in [0.25, 0.3) is 0 Å². The number of rotatable bonds is 1. The molecule has 0 amide bonds. The molecule has 0 aliphatic heterocycles. The Balaban J connectivity index is 1.90. The minimum atomic E-state index is 0.458. The quantitative estimate of drug-likeness (QED) is 0.436. The monoisotopic (exact) mass is 374 g/mol. The van der Waals surface area contributed by atoms with Gasteiger partial charge in [-0.25, -0.2) is 15.0 Å². The van der Waals surface area contributed by atoms with Gasteiger partial charge in [0.05, 0.1) is 0 Å². The molecule has 2 saturated carbocycles. The first-order valence-corrected chi connectivity index (χ1v) is 7.73. The molecule has 6 heteroatoms. The third kappa shape index (κ3) is 1.52. The molecule has 0 aromatic carbocycles. The fourth-order valence-corrected chi connectivity index (χ4v) is 4.67. The highest BCUT2D eigenvalue weighted by molar-refractivity contribution is 14.1. The van der Waals surface area contributed by atoms with Crippen LogP contribution >= 0.6 is 34.2 Å². The first-order chi connectivity index (χ1) is 8.74. The van der Waals surface area contributed by atoms with Gasteiger partial charge in [-0.2, -0.15) is 0 Å². The molecule has 2 fully saturated rings. The van der Waals surface area contributed by atoms with Crippen LogP contribution in [-0.4, -0.2) is 19.5 Å². The molecule has 2 heterocycles. The minimum Gasteiger partial charge on any atom is -0.301 e. The number of aromatic nitrogens is 4. The Morgan fingerprint density at radius 3 is 2.89 bits per heavy atom. The number of halogens is 2. The lowest BCUT2D eigenvalue weighted by Gasteiger charge is -2.24. The summed E-state index contributed by atoms with van der Waals surface area (Å²) in [6, 6.07) is 0.562. The largest absolute Gasteiger partial charge is 0.301 e. The number of hydrogen-bond acceptors (Lipinski definition) is 3. The Hall–Kier alpha value is -0.430. The Kier molecular flexibility index (Phi) is 2.55. The van der Waals surface area contributed by atoms with E-state index in [0.717, 1.165) is 26.8 Å². The van der Waals surface area contributed by atoms with Crippen LogP contribution < -0.4 is 0 Å². The summed E-state index contributed by atoms with van der Waals surface area (Å²) in [6.45, 7) is 0. The van der Waals surface area contributed by atoms with E-state index in [1.807, 2.05) is 0 Å². The van der Waals surface area contributed by atoms with Gasteiger partial charge >= 0.3 is 0 Å². The van der Waals surface area contributed by atoms with Crippen LogP contribution in [0.5, 0.6) is 0 Å². The SMILES string of the molecule is Clc1ncnc2c1nc(I)n2[C@@H]1C[C@H]2CC[C@@H]1C2. The Morgan fingerprint density at radius 1 is 1.28 bits per heavy atom. The summed E-state index contributed by atoms with van der Waals surface area (Å²) in [5.41, 5.74) is 1.64. The van der Waals surface area contributed by atoms with E-state index in [-0.39, 0.29) is 0 Å². The topological polar surface area (TPSA) is 43.6 Å². The number of imidazole rings is 1. The molecule has 94 valence electrons. The van der Waals surface area contributed by atoms with Gasteiger partial charge in [0.15, 0.2) is 14.6 Å². The van der Waals surface area contributed by atoms with E-state index in [4.69, 9.17) is 11.6 Å². The third-order valence-electron chi connectivity index (χ3n) is 4.42. The zero-order chi connectivity index (χ0) is 12.3. The summed E-state index contributed by atoms with van der Waals surface area (Å²) in [4.78, 5) is 12.9. The van der Waals surface area contributed by atoms with Crippen molar-refractivity contribution >= 4 is 45.4 Å². The van der Waals surface area contributed by atoms with Gasteiger partial charge in [0.1, 0.15) is 11.8 Å². The van der Waals surface area contributed by atoms with E-state index >= 15 is 0 Å². The van der Waals surface area contributed by atoms with Gasteiger partial charge in [0.2, 0.25) is 0 Å². The molecule has 2 aliphatic rings. The molecular formula is C12H12ClIN4. The zero-order valence-electron chi connectivity index (χ0n) is 9.68. The van der Waals surface area contributed by atoms with Crippen LogP contribution in [0.15, 0.2) is 6.33 Å². The highest BCUT2D eigenvalue weighted by Crippen LogP contribution is 2.51. The predicted octanol–water partition coefficient (Wildman–Crippen LogP) is 3.45. The zero-order valence-corrected chi connectivity index (χ0v) is 12.6. The van der Waals surface area contributed by atoms with E-state index in [0.29, 0.717) is 11.2 Å². The lowest BCUT2D eigenvalue weighted by molar-refractivity contribution is 0.330. The molecule has 2 bridgehead atoms. The van der Waals surface area contributed by atoms with Crippen molar-refractivity contribution in [3.63, 3.8) is 0 Å². The molecule has 0 spiro atoms. The molecular weight excluding hydrogens is 363 g/mol. The fraction of sp³-hybridized carbons (Fsp3) is 0.583. The first kappa shape index (κ1) is 11.4. The fourth-order valence-electron chi connectivity index (χ4n) is 3.68. The summed E-state index contributed by atoms with van der Waals surface area (Å²) < 4.78 is 3.27. The van der Waals surface area contributed by atoms with Gasteiger partial charge in [0, 0.05) is 28.6 Å². The van der Waals surface area contributed by atoms with E-state index in [2.05, 4.69) is 42.1 Å². The van der Waals surface area contributed by atoms with Gasteiger partial charge in [-0.05, 0) is 31.1 Å². The standard InChI is InChI=1S/C12H12ClIN4/c13-10-9-11(16-5-15-10)18(12(14)17-9)8-4-6-1-2-7(8)3-6/h5-8H,1-4H2/t6-,7+,8+/m0/s1. The summed E-state index contributed by atoms with van der Waals surface area (Å²) in [7, 11) is 0. The average Bonchev–Trinajstić information content (AvgIpc) is 3.02. The van der Waals surface area contributed by atoms with Crippen LogP contribution in [0.2, 0.25) is 5.15 Å². The van der Waals surface area contributed by atoms with E-state index in [1.165, 1.54) is 32.0 Å². The van der Waals surface area contributed by atoms with Gasteiger partial charge in [-0.3, -0.25) is 0 Å². The average molecular weight is 375 g/mol. The van der Waals surface area contributed by atoms with Crippen LogP contribution in [0.25, 0.3) is 11.2 Å². The van der Waals surface area contributed by atoms with Crippen LogP contribution in [0.1, 0.15) is 31.7 Å². The molecule has 4 rings (SSSR count). The van der Waals surface area contributed by atoms with E-state index in [9.17, 15) is 0 Å². The van der Waals surface area contributed by atoms with E-state index < -0.39 is 0 Å². The maximum atomic E-state index is 6.10. The Labute approximate surface area is 123 Å². The smallest absolute Gasteiger partial charge is 0.173 e. The molecule has 2 aromatic heterocycles. The Morgan fingerprint density at radius 2 is 2.17 bits per heavy atom. The molecule has 2 aromatic rings. The summed E-state index contributed by atoms with van der Waals surface area (Å²) in [5.74, 6) is 1.71. The minimum absolute atomic E-state index is 0.458. The number of fused-ring (bicyclic) bond motifs is 3. The normalized spacial score (nSPS) is 30.4. The molecule has 4 nitrogen and oxygen atoms in total. The lowest BCUT2D eigenvalue weighted by atomic mass is 9.95. The molecule has 2 aliphatic carbocycles. The van der Waals surface area contributed by atoms with Crippen molar-refractivity contribution in [2.75, 3.05) is 0 Å². The maximum Gasteiger partial charge on any atom is 0.173 e. The third-order valence-corrected chi connectivity index (χ3v) is 5.46. The van der Waals surface area contributed by atoms with Crippen molar-refractivity contribution in [3.05, 3.63) is 15.3 Å².